The van der Waals surface area contributed by atoms with Crippen LogP contribution in [0.2, 0.25) is 0 Å². The van der Waals surface area contributed by atoms with E-state index in [1.54, 1.807) is 0 Å². The number of hydrogen-bond acceptors (Lipinski definition) is 0. The lowest BCUT2D eigenvalue weighted by Gasteiger charge is -2.24. The normalized spacial score (nSPS) is 20.5. The molecule has 1 aliphatic rings. The first kappa shape index (κ1) is 7.80. The van der Waals surface area contributed by atoms with E-state index in [9.17, 15) is 0 Å². The van der Waals surface area contributed by atoms with Gasteiger partial charge in [-0.1, -0.05) is 11.6 Å². The highest BCUT2D eigenvalue weighted by Gasteiger charge is 2.18. The van der Waals surface area contributed by atoms with Crippen molar-refractivity contribution in [3.8, 4) is 0 Å². The fourth-order valence-corrected chi connectivity index (χ4v) is 1.41. The first-order valence-corrected chi connectivity index (χ1v) is 4.05. The molecule has 0 aromatic heterocycles. The van der Waals surface area contributed by atoms with E-state index >= 15 is 0 Å². The summed E-state index contributed by atoms with van der Waals surface area (Å²) in [6.45, 7) is 3.95. The second kappa shape index (κ2) is 2.75. The molecule has 0 fully saturated rings. The maximum absolute atomic E-state index is 7.76. The molecule has 1 heteroatoms. The van der Waals surface area contributed by atoms with Crippen LogP contribution in [-0.4, -0.2) is 5.54 Å². The van der Waals surface area contributed by atoms with Gasteiger partial charge in [0.25, 0.3) is 0 Å². The monoisotopic (exact) mass is 138 g/mol. The summed E-state index contributed by atoms with van der Waals surface area (Å²) in [6, 6.07) is 0. The predicted octanol–water partition coefficient (Wildman–Crippen LogP) is 2.55. The van der Waals surface area contributed by atoms with Crippen LogP contribution in [0.3, 0.4) is 0 Å². The Balaban J connectivity index is 2.62. The molecule has 0 aromatic carbocycles. The molecule has 0 amide bonds. The van der Waals surface area contributed by atoms with Crippen molar-refractivity contribution >= 4 is 0 Å². The highest BCUT2D eigenvalue weighted by Crippen LogP contribution is 2.25. The maximum Gasteiger partial charge on any atom is 0.0476 e. The van der Waals surface area contributed by atoms with Gasteiger partial charge in [0.05, 0.1) is 0 Å². The van der Waals surface area contributed by atoms with Crippen LogP contribution in [0.1, 0.15) is 39.5 Å². The average molecular weight is 138 g/mol. The van der Waals surface area contributed by atoms with E-state index in [4.69, 9.17) is 5.73 Å². The molecule has 1 aliphatic carbocycles. The molecule has 0 saturated heterocycles. The van der Waals surface area contributed by atoms with Crippen LogP contribution in [0.15, 0.2) is 11.6 Å². The minimum absolute atomic E-state index is 0.319. The van der Waals surface area contributed by atoms with Gasteiger partial charge in [-0.25, -0.2) is 5.73 Å². The summed E-state index contributed by atoms with van der Waals surface area (Å²) in [4.78, 5) is 0. The van der Waals surface area contributed by atoms with Gasteiger partial charge in [-0.3, -0.25) is 0 Å². The molecule has 1 N–H and O–H groups in total. The third-order valence-electron chi connectivity index (χ3n) is 2.09. The van der Waals surface area contributed by atoms with Crippen LogP contribution in [0.25, 0.3) is 0 Å². The van der Waals surface area contributed by atoms with Gasteiger partial charge in [0.15, 0.2) is 0 Å². The van der Waals surface area contributed by atoms with E-state index in [0.29, 0.717) is 0 Å². The van der Waals surface area contributed by atoms with E-state index in [2.05, 4.69) is 6.08 Å². The Labute approximate surface area is 63.3 Å². The van der Waals surface area contributed by atoms with Crippen LogP contribution in [0.5, 0.6) is 0 Å². The highest BCUT2D eigenvalue weighted by molar-refractivity contribution is 5.17. The topological polar surface area (TPSA) is 23.8 Å². The van der Waals surface area contributed by atoms with Crippen LogP contribution >= 0.6 is 0 Å². The third kappa shape index (κ3) is 1.84. The van der Waals surface area contributed by atoms with Crippen molar-refractivity contribution in [2.24, 2.45) is 0 Å². The van der Waals surface area contributed by atoms with Crippen LogP contribution in [-0.2, 0) is 0 Å². The molecule has 0 unspecified atom stereocenters. The molecule has 0 bridgehead atoms. The summed E-state index contributed by atoms with van der Waals surface area (Å²) in [5.74, 6) is 0. The summed E-state index contributed by atoms with van der Waals surface area (Å²) in [6.07, 6.45) is 7.19. The highest BCUT2D eigenvalue weighted by atomic mass is 14.7. The number of rotatable bonds is 1. The van der Waals surface area contributed by atoms with Crippen molar-refractivity contribution in [3.05, 3.63) is 11.6 Å². The molecule has 0 saturated carbocycles. The Kier molecular flexibility index (Phi) is 2.14. The van der Waals surface area contributed by atoms with Crippen molar-refractivity contribution in [2.75, 3.05) is 0 Å². The van der Waals surface area contributed by atoms with E-state index in [1.807, 2.05) is 13.8 Å². The summed E-state index contributed by atoms with van der Waals surface area (Å²) >= 11 is 0. The minimum atomic E-state index is -0.319. The molecule has 1 radical (unpaired) electrons. The zero-order valence-electron chi connectivity index (χ0n) is 6.91. The molecule has 0 aliphatic heterocycles. The Morgan fingerprint density at radius 3 is 2.40 bits per heavy atom. The van der Waals surface area contributed by atoms with Crippen molar-refractivity contribution < 1.29 is 0 Å². The van der Waals surface area contributed by atoms with Gasteiger partial charge < -0.3 is 0 Å². The van der Waals surface area contributed by atoms with Crippen LogP contribution in [0.4, 0.5) is 0 Å². The molecule has 10 heavy (non-hydrogen) atoms. The fraction of sp³-hybridized carbons (Fsp3) is 0.778. The summed E-state index contributed by atoms with van der Waals surface area (Å²) < 4.78 is 0. The minimum Gasteiger partial charge on any atom is -0.247 e. The Hall–Kier alpha value is -0.300. The van der Waals surface area contributed by atoms with E-state index in [-0.39, 0.29) is 5.54 Å². The van der Waals surface area contributed by atoms with Crippen molar-refractivity contribution in [1.29, 1.82) is 0 Å². The van der Waals surface area contributed by atoms with Crippen molar-refractivity contribution in [3.63, 3.8) is 0 Å². The third-order valence-corrected chi connectivity index (χ3v) is 2.09. The lowest BCUT2D eigenvalue weighted by atomic mass is 9.86. The van der Waals surface area contributed by atoms with Crippen molar-refractivity contribution in [2.45, 2.75) is 45.1 Å². The molecule has 0 aromatic rings. The molecular weight excluding hydrogens is 122 g/mol. The zero-order chi connectivity index (χ0) is 7.61. The molecule has 57 valence electrons. The summed E-state index contributed by atoms with van der Waals surface area (Å²) in [7, 11) is 0. The molecular formula is C9H16N. The van der Waals surface area contributed by atoms with Gasteiger partial charge in [0, 0.05) is 5.54 Å². The van der Waals surface area contributed by atoms with Gasteiger partial charge in [0.1, 0.15) is 0 Å². The van der Waals surface area contributed by atoms with Gasteiger partial charge in [-0.15, -0.1) is 0 Å². The SMILES string of the molecule is CC(C)([NH])C1=CCCCC1. The summed E-state index contributed by atoms with van der Waals surface area (Å²) in [5.41, 5.74) is 8.77. The number of allylic oxidation sites excluding steroid dienone is 1. The first-order chi connectivity index (χ1) is 4.61. The van der Waals surface area contributed by atoms with Gasteiger partial charge >= 0.3 is 0 Å². The van der Waals surface area contributed by atoms with Gasteiger partial charge in [-0.2, -0.15) is 0 Å². The van der Waals surface area contributed by atoms with Crippen LogP contribution < -0.4 is 5.73 Å². The predicted molar refractivity (Wildman–Crippen MR) is 43.7 cm³/mol. The Bertz CT molecular complexity index is 139. The summed E-state index contributed by atoms with van der Waals surface area (Å²) in [5, 5.41) is 0. The molecule has 0 spiro atoms. The lowest BCUT2D eigenvalue weighted by molar-refractivity contribution is 0.528. The first-order valence-electron chi connectivity index (χ1n) is 4.05. The second-order valence-corrected chi connectivity index (χ2v) is 3.60. The second-order valence-electron chi connectivity index (χ2n) is 3.60. The largest absolute Gasteiger partial charge is 0.247 e. The Morgan fingerprint density at radius 1 is 1.40 bits per heavy atom. The molecule has 0 heterocycles. The van der Waals surface area contributed by atoms with Gasteiger partial charge in [0.2, 0.25) is 0 Å². The molecule has 1 nitrogen and oxygen atoms in total. The Morgan fingerprint density at radius 2 is 2.10 bits per heavy atom. The van der Waals surface area contributed by atoms with E-state index < -0.39 is 0 Å². The van der Waals surface area contributed by atoms with Crippen molar-refractivity contribution in [1.82, 2.24) is 5.73 Å². The average Bonchev–Trinajstić information content (AvgIpc) is 1.88. The molecule has 0 atom stereocenters. The molecule has 1 rings (SSSR count). The maximum atomic E-state index is 7.76. The van der Waals surface area contributed by atoms with Crippen LogP contribution in [0, 0.1) is 0 Å². The zero-order valence-corrected chi connectivity index (χ0v) is 6.91. The van der Waals surface area contributed by atoms with Gasteiger partial charge in [-0.05, 0) is 39.5 Å². The van der Waals surface area contributed by atoms with E-state index in [1.165, 1.54) is 24.8 Å². The standard InChI is InChI=1S/C9H16N/c1-9(2,10)8-6-4-3-5-7-8/h6,10H,3-5,7H2,1-2H3. The lowest BCUT2D eigenvalue weighted by Crippen LogP contribution is -2.25. The number of nitrogens with one attached hydrogen (secondary N) is 1. The quantitative estimate of drug-likeness (QED) is 0.497. The smallest absolute Gasteiger partial charge is 0.0476 e. The van der Waals surface area contributed by atoms with E-state index in [0.717, 1.165) is 6.42 Å². The number of hydrogen-bond donors (Lipinski definition) is 0. The fourth-order valence-electron chi connectivity index (χ4n) is 1.41.